The Hall–Kier alpha value is -1.50. The lowest BCUT2D eigenvalue weighted by Crippen LogP contribution is -2.59. The molecule has 6 heteroatoms. The van der Waals surface area contributed by atoms with Gasteiger partial charge in [-0.3, -0.25) is 9.69 Å². The number of piperidine rings is 1. The van der Waals surface area contributed by atoms with E-state index in [1.54, 1.807) is 6.07 Å². The molecule has 1 amide bonds. The van der Waals surface area contributed by atoms with E-state index in [1.165, 1.54) is 37.8 Å². The Morgan fingerprint density at radius 1 is 1.27 bits per heavy atom. The highest BCUT2D eigenvalue weighted by molar-refractivity contribution is 5.82. The third-order valence-corrected chi connectivity index (χ3v) is 6.35. The summed E-state index contributed by atoms with van der Waals surface area (Å²) in [5, 5.41) is 17.0. The minimum absolute atomic E-state index is 0.0754. The maximum Gasteiger partial charge on any atom is 0.237 e. The second-order valence-corrected chi connectivity index (χ2v) is 10.2. The van der Waals surface area contributed by atoms with Crippen LogP contribution in [0.3, 0.4) is 0 Å². The summed E-state index contributed by atoms with van der Waals surface area (Å²) in [4.78, 5) is 15.2. The number of carbonyl (C=O) groups is 1. The van der Waals surface area contributed by atoms with Crippen LogP contribution in [0.15, 0.2) is 24.3 Å². The highest BCUT2D eigenvalue weighted by Crippen LogP contribution is 2.38. The van der Waals surface area contributed by atoms with Crippen molar-refractivity contribution in [3.8, 4) is 0 Å². The van der Waals surface area contributed by atoms with E-state index in [9.17, 15) is 14.3 Å². The van der Waals surface area contributed by atoms with E-state index in [-0.39, 0.29) is 23.3 Å². The van der Waals surface area contributed by atoms with Crippen LogP contribution < -0.4 is 10.6 Å². The number of fused-ring (bicyclic) bond motifs is 1. The number of rotatable bonds is 7. The van der Waals surface area contributed by atoms with Crippen molar-refractivity contribution < 1.29 is 14.3 Å². The normalized spacial score (nSPS) is 26.1. The van der Waals surface area contributed by atoms with Gasteiger partial charge in [0.15, 0.2) is 0 Å². The van der Waals surface area contributed by atoms with Crippen LogP contribution in [0.5, 0.6) is 0 Å². The van der Waals surface area contributed by atoms with Gasteiger partial charge >= 0.3 is 0 Å². The fourth-order valence-corrected chi connectivity index (χ4v) is 4.99. The smallest absolute Gasteiger partial charge is 0.237 e. The molecule has 1 aromatic rings. The lowest BCUT2D eigenvalue weighted by molar-refractivity contribution is -0.132. The molecule has 2 fully saturated rings. The van der Waals surface area contributed by atoms with Crippen molar-refractivity contribution in [1.82, 2.24) is 15.5 Å². The summed E-state index contributed by atoms with van der Waals surface area (Å²) >= 11 is 0. The summed E-state index contributed by atoms with van der Waals surface area (Å²) in [6.45, 7) is 8.30. The molecule has 168 valence electrons. The van der Waals surface area contributed by atoms with Crippen molar-refractivity contribution in [2.45, 2.75) is 77.1 Å². The van der Waals surface area contributed by atoms with E-state index in [1.807, 2.05) is 26.8 Å². The fraction of sp³-hybridized carbons (Fsp3) is 0.708. The van der Waals surface area contributed by atoms with E-state index in [4.69, 9.17) is 0 Å². The third kappa shape index (κ3) is 6.76. The predicted molar refractivity (Wildman–Crippen MR) is 117 cm³/mol. The number of halogens is 1. The standard InChI is InChI=1S/C24H38FN3O2/c1-24(2,3)27-23(30)22-12-18-8-4-5-9-19(18)15-28(22)16-21(29)14-26-13-17-7-6-10-20(25)11-17/h6-7,10-11,18-19,21-22,26,29H,4-5,8-9,12-16H2,1-3H3,(H,27,30)/t18-,19+,21+,22-/m0/s1. The van der Waals surface area contributed by atoms with Gasteiger partial charge in [0.25, 0.3) is 0 Å². The van der Waals surface area contributed by atoms with E-state index >= 15 is 0 Å². The molecule has 1 aliphatic heterocycles. The Labute approximate surface area is 180 Å². The van der Waals surface area contributed by atoms with Gasteiger partial charge in [0, 0.05) is 31.7 Å². The topological polar surface area (TPSA) is 64.6 Å². The Balaban J connectivity index is 1.57. The van der Waals surface area contributed by atoms with E-state index < -0.39 is 6.10 Å². The Morgan fingerprint density at radius 2 is 2.00 bits per heavy atom. The van der Waals surface area contributed by atoms with Crippen LogP contribution in [-0.2, 0) is 11.3 Å². The number of hydrogen-bond acceptors (Lipinski definition) is 4. The molecule has 5 nitrogen and oxygen atoms in total. The Bertz CT molecular complexity index is 706. The highest BCUT2D eigenvalue weighted by Gasteiger charge is 2.40. The molecule has 1 aliphatic carbocycles. The van der Waals surface area contributed by atoms with Gasteiger partial charge < -0.3 is 15.7 Å². The number of β-amino-alcohol motifs (C(OH)–C–C–N with tert-alkyl or cyclic N) is 1. The molecule has 0 spiro atoms. The number of aliphatic hydroxyl groups excluding tert-OH is 1. The Morgan fingerprint density at radius 3 is 2.70 bits per heavy atom. The van der Waals surface area contributed by atoms with Crippen LogP contribution in [0.25, 0.3) is 0 Å². The van der Waals surface area contributed by atoms with Crippen LogP contribution >= 0.6 is 0 Å². The summed E-state index contributed by atoms with van der Waals surface area (Å²) in [5.74, 6) is 1.07. The molecule has 1 saturated carbocycles. The van der Waals surface area contributed by atoms with Crippen LogP contribution in [-0.4, -0.2) is 53.2 Å². The average molecular weight is 420 g/mol. The van der Waals surface area contributed by atoms with Gasteiger partial charge in [-0.15, -0.1) is 0 Å². The summed E-state index contributed by atoms with van der Waals surface area (Å²) in [6.07, 6.45) is 5.28. The Kier molecular flexibility index (Phi) is 7.88. The number of nitrogens with zero attached hydrogens (tertiary/aromatic N) is 1. The molecule has 1 aromatic carbocycles. The van der Waals surface area contributed by atoms with Crippen LogP contribution in [0, 0.1) is 17.7 Å². The quantitative estimate of drug-likeness (QED) is 0.636. The minimum atomic E-state index is -0.580. The second-order valence-electron chi connectivity index (χ2n) is 10.2. The molecule has 4 atom stereocenters. The first-order valence-corrected chi connectivity index (χ1v) is 11.4. The van der Waals surface area contributed by atoms with E-state index in [2.05, 4.69) is 15.5 Å². The van der Waals surface area contributed by atoms with Crippen molar-refractivity contribution >= 4 is 5.91 Å². The minimum Gasteiger partial charge on any atom is -0.390 e. The van der Waals surface area contributed by atoms with Gasteiger partial charge in [0.2, 0.25) is 5.91 Å². The SMILES string of the molecule is CC(C)(C)NC(=O)[C@@H]1C[C@@H]2CCCC[C@@H]2CN1C[C@H](O)CNCc1cccc(F)c1. The van der Waals surface area contributed by atoms with Gasteiger partial charge in [-0.1, -0.05) is 31.4 Å². The van der Waals surface area contributed by atoms with Crippen molar-refractivity contribution in [2.24, 2.45) is 11.8 Å². The first-order valence-electron chi connectivity index (χ1n) is 11.4. The van der Waals surface area contributed by atoms with Gasteiger partial charge in [-0.05, 0) is 63.1 Å². The number of hydrogen-bond donors (Lipinski definition) is 3. The number of benzene rings is 1. The zero-order valence-electron chi connectivity index (χ0n) is 18.7. The molecule has 0 unspecified atom stereocenters. The van der Waals surface area contributed by atoms with E-state index in [0.717, 1.165) is 18.5 Å². The molecule has 3 N–H and O–H groups in total. The summed E-state index contributed by atoms with van der Waals surface area (Å²) in [6, 6.07) is 6.30. The van der Waals surface area contributed by atoms with Crippen LogP contribution in [0.2, 0.25) is 0 Å². The molecular weight excluding hydrogens is 381 g/mol. The predicted octanol–water partition coefficient (Wildman–Crippen LogP) is 3.07. The summed E-state index contributed by atoms with van der Waals surface area (Å²) < 4.78 is 13.3. The van der Waals surface area contributed by atoms with Crippen molar-refractivity contribution in [2.75, 3.05) is 19.6 Å². The molecule has 30 heavy (non-hydrogen) atoms. The maximum absolute atomic E-state index is 13.3. The van der Waals surface area contributed by atoms with Crippen LogP contribution in [0.1, 0.15) is 58.4 Å². The van der Waals surface area contributed by atoms with Gasteiger partial charge in [0.05, 0.1) is 12.1 Å². The third-order valence-electron chi connectivity index (χ3n) is 6.35. The van der Waals surface area contributed by atoms with Crippen molar-refractivity contribution in [3.63, 3.8) is 0 Å². The molecule has 1 heterocycles. The lowest BCUT2D eigenvalue weighted by Gasteiger charge is -2.46. The largest absolute Gasteiger partial charge is 0.390 e. The molecule has 1 saturated heterocycles. The summed E-state index contributed by atoms with van der Waals surface area (Å²) in [5.41, 5.74) is 0.588. The first-order chi connectivity index (χ1) is 14.2. The molecule has 0 radical (unpaired) electrons. The molecule has 3 rings (SSSR count). The second kappa shape index (κ2) is 10.2. The molecule has 0 bridgehead atoms. The zero-order chi connectivity index (χ0) is 21.7. The molecular formula is C24H38FN3O2. The summed E-state index contributed by atoms with van der Waals surface area (Å²) in [7, 11) is 0. The average Bonchev–Trinajstić information content (AvgIpc) is 2.66. The van der Waals surface area contributed by atoms with Gasteiger partial charge in [-0.2, -0.15) is 0 Å². The van der Waals surface area contributed by atoms with Crippen molar-refractivity contribution in [3.05, 3.63) is 35.6 Å². The maximum atomic E-state index is 13.3. The van der Waals surface area contributed by atoms with Gasteiger partial charge in [-0.25, -0.2) is 4.39 Å². The molecule has 0 aromatic heterocycles. The monoisotopic (exact) mass is 419 g/mol. The highest BCUT2D eigenvalue weighted by atomic mass is 19.1. The van der Waals surface area contributed by atoms with Crippen LogP contribution in [0.4, 0.5) is 4.39 Å². The number of nitrogens with one attached hydrogen (secondary N) is 2. The van der Waals surface area contributed by atoms with Crippen molar-refractivity contribution in [1.29, 1.82) is 0 Å². The number of amides is 1. The lowest BCUT2D eigenvalue weighted by atomic mass is 9.72. The van der Waals surface area contributed by atoms with E-state index in [0.29, 0.717) is 31.5 Å². The number of likely N-dealkylation sites (tertiary alicyclic amines) is 1. The number of carbonyl (C=O) groups excluding carboxylic acids is 1. The fourth-order valence-electron chi connectivity index (χ4n) is 4.99. The number of aliphatic hydroxyl groups is 1. The molecule has 2 aliphatic rings. The first kappa shape index (κ1) is 23.2. The zero-order valence-corrected chi connectivity index (χ0v) is 18.7. The van der Waals surface area contributed by atoms with Gasteiger partial charge in [0.1, 0.15) is 5.82 Å².